The van der Waals surface area contributed by atoms with E-state index in [0.29, 0.717) is 0 Å². The van der Waals surface area contributed by atoms with Gasteiger partial charge in [0.25, 0.3) is 0 Å². The quantitative estimate of drug-likeness (QED) is 0.708. The van der Waals surface area contributed by atoms with Crippen LogP contribution >= 0.6 is 11.8 Å². The molecule has 0 saturated heterocycles. The fourth-order valence-corrected chi connectivity index (χ4v) is 2.27. The van der Waals surface area contributed by atoms with Crippen LogP contribution < -0.4 is 5.32 Å². The molecule has 0 radical (unpaired) electrons. The lowest BCUT2D eigenvalue weighted by Crippen LogP contribution is -2.22. The van der Waals surface area contributed by atoms with E-state index in [-0.39, 0.29) is 5.54 Å². The zero-order chi connectivity index (χ0) is 14.1. The molecule has 0 fully saturated rings. The van der Waals surface area contributed by atoms with Crippen molar-refractivity contribution in [3.63, 3.8) is 0 Å². The molecule has 0 spiro atoms. The van der Waals surface area contributed by atoms with E-state index in [4.69, 9.17) is 0 Å². The molecule has 0 aliphatic heterocycles. The average Bonchev–Trinajstić information content (AvgIpc) is 2.81. The number of hydrogen-bond donors (Lipinski definition) is 1. The van der Waals surface area contributed by atoms with Gasteiger partial charge in [-0.3, -0.25) is 0 Å². The molecule has 0 aromatic carbocycles. The first-order valence-electron chi connectivity index (χ1n) is 7.15. The van der Waals surface area contributed by atoms with Crippen molar-refractivity contribution in [2.45, 2.75) is 58.5 Å². The van der Waals surface area contributed by atoms with Gasteiger partial charge in [-0.2, -0.15) is 11.8 Å². The fourth-order valence-electron chi connectivity index (χ4n) is 1.77. The Morgan fingerprint density at radius 3 is 2.58 bits per heavy atom. The molecule has 0 amide bonds. The summed E-state index contributed by atoms with van der Waals surface area (Å²) < 4.78 is 1.92. The van der Waals surface area contributed by atoms with Crippen molar-refractivity contribution in [3.05, 3.63) is 11.9 Å². The molecule has 5 heteroatoms. The van der Waals surface area contributed by atoms with Gasteiger partial charge in [-0.05, 0) is 52.2 Å². The van der Waals surface area contributed by atoms with Gasteiger partial charge in [0.15, 0.2) is 0 Å². The summed E-state index contributed by atoms with van der Waals surface area (Å²) in [6.45, 7) is 8.29. The maximum atomic E-state index is 4.19. The highest BCUT2D eigenvalue weighted by Crippen LogP contribution is 2.11. The van der Waals surface area contributed by atoms with Gasteiger partial charge in [0.2, 0.25) is 0 Å². The van der Waals surface area contributed by atoms with E-state index < -0.39 is 0 Å². The highest BCUT2D eigenvalue weighted by atomic mass is 32.2. The van der Waals surface area contributed by atoms with Gasteiger partial charge in [0, 0.05) is 6.54 Å². The molecule has 1 aromatic rings. The number of unbranched alkanes of at least 4 members (excludes halogenated alkanes) is 3. The molecular formula is C14H28N4S. The Kier molecular flexibility index (Phi) is 7.46. The lowest BCUT2D eigenvalue weighted by Gasteiger charge is -2.17. The summed E-state index contributed by atoms with van der Waals surface area (Å²) in [6, 6.07) is 0. The highest BCUT2D eigenvalue weighted by molar-refractivity contribution is 7.98. The Labute approximate surface area is 121 Å². The van der Waals surface area contributed by atoms with Crippen molar-refractivity contribution in [2.24, 2.45) is 0 Å². The minimum atomic E-state index is 0.0164. The maximum Gasteiger partial charge on any atom is 0.0965 e. The van der Waals surface area contributed by atoms with Crippen molar-refractivity contribution < 1.29 is 0 Å². The van der Waals surface area contributed by atoms with Crippen LogP contribution in [0.1, 0.15) is 52.1 Å². The van der Waals surface area contributed by atoms with Crippen LogP contribution in [-0.4, -0.2) is 33.5 Å². The minimum absolute atomic E-state index is 0.0164. The van der Waals surface area contributed by atoms with Crippen LogP contribution in [0.2, 0.25) is 0 Å². The first kappa shape index (κ1) is 16.5. The summed E-state index contributed by atoms with van der Waals surface area (Å²) in [5, 5.41) is 11.8. The SMILES string of the molecule is CSCCCCCCNCc1cn(C(C)(C)C)nn1. The van der Waals surface area contributed by atoms with Gasteiger partial charge < -0.3 is 5.32 Å². The van der Waals surface area contributed by atoms with Crippen LogP contribution in [0, 0.1) is 0 Å². The van der Waals surface area contributed by atoms with E-state index in [1.54, 1.807) is 0 Å². The molecule has 19 heavy (non-hydrogen) atoms. The zero-order valence-electron chi connectivity index (χ0n) is 12.8. The molecule has 4 nitrogen and oxygen atoms in total. The van der Waals surface area contributed by atoms with E-state index in [2.05, 4.69) is 42.7 Å². The van der Waals surface area contributed by atoms with E-state index in [1.165, 1.54) is 31.4 Å². The van der Waals surface area contributed by atoms with Crippen LogP contribution in [0.5, 0.6) is 0 Å². The summed E-state index contributed by atoms with van der Waals surface area (Å²) in [4.78, 5) is 0. The minimum Gasteiger partial charge on any atom is -0.311 e. The highest BCUT2D eigenvalue weighted by Gasteiger charge is 2.14. The summed E-state index contributed by atoms with van der Waals surface area (Å²) in [6.07, 6.45) is 9.48. The number of rotatable bonds is 9. The summed E-state index contributed by atoms with van der Waals surface area (Å²) in [5.41, 5.74) is 1.04. The number of thioether (sulfide) groups is 1. The molecule has 1 heterocycles. The lowest BCUT2D eigenvalue weighted by molar-refractivity contribution is 0.347. The molecule has 0 saturated carbocycles. The Morgan fingerprint density at radius 1 is 1.21 bits per heavy atom. The monoisotopic (exact) mass is 284 g/mol. The number of nitrogens with zero attached hydrogens (tertiary/aromatic N) is 3. The van der Waals surface area contributed by atoms with E-state index in [1.807, 2.05) is 22.6 Å². The third kappa shape index (κ3) is 6.97. The Balaban J connectivity index is 2.08. The van der Waals surface area contributed by atoms with Gasteiger partial charge in [-0.1, -0.05) is 18.1 Å². The molecule has 0 unspecified atom stereocenters. The third-order valence-corrected chi connectivity index (χ3v) is 3.68. The van der Waals surface area contributed by atoms with E-state index in [9.17, 15) is 0 Å². The summed E-state index contributed by atoms with van der Waals surface area (Å²) in [5.74, 6) is 1.29. The van der Waals surface area contributed by atoms with Crippen LogP contribution in [0.4, 0.5) is 0 Å². The van der Waals surface area contributed by atoms with Gasteiger partial charge in [-0.15, -0.1) is 5.10 Å². The van der Waals surface area contributed by atoms with Crippen molar-refractivity contribution >= 4 is 11.8 Å². The molecule has 0 atom stereocenters. The maximum absolute atomic E-state index is 4.19. The smallest absolute Gasteiger partial charge is 0.0965 e. The topological polar surface area (TPSA) is 42.7 Å². The van der Waals surface area contributed by atoms with E-state index >= 15 is 0 Å². The van der Waals surface area contributed by atoms with Gasteiger partial charge in [-0.25, -0.2) is 4.68 Å². The third-order valence-electron chi connectivity index (χ3n) is 2.99. The molecule has 1 N–H and O–H groups in total. The fraction of sp³-hybridized carbons (Fsp3) is 0.857. The largest absolute Gasteiger partial charge is 0.311 e. The predicted octanol–water partition coefficient (Wildman–Crippen LogP) is 3.05. The lowest BCUT2D eigenvalue weighted by atomic mass is 10.1. The molecule has 1 aromatic heterocycles. The standard InChI is InChI=1S/C14H28N4S/c1-14(2,3)18-12-13(16-17-18)11-15-9-7-5-6-8-10-19-4/h12,15H,5-11H2,1-4H3. The zero-order valence-corrected chi connectivity index (χ0v) is 13.6. The Bertz CT molecular complexity index is 343. The first-order valence-corrected chi connectivity index (χ1v) is 8.55. The Morgan fingerprint density at radius 2 is 1.95 bits per heavy atom. The predicted molar refractivity (Wildman–Crippen MR) is 83.6 cm³/mol. The van der Waals surface area contributed by atoms with Crippen LogP contribution in [0.15, 0.2) is 6.20 Å². The summed E-state index contributed by atoms with van der Waals surface area (Å²) >= 11 is 1.94. The van der Waals surface area contributed by atoms with Crippen molar-refractivity contribution in [1.29, 1.82) is 0 Å². The number of aromatic nitrogens is 3. The average molecular weight is 284 g/mol. The number of nitrogens with one attached hydrogen (secondary N) is 1. The normalized spacial score (nSPS) is 12.0. The molecule has 0 bridgehead atoms. The summed E-state index contributed by atoms with van der Waals surface area (Å²) in [7, 11) is 0. The molecule has 110 valence electrons. The van der Waals surface area contributed by atoms with Crippen LogP contribution in [0.3, 0.4) is 0 Å². The molecular weight excluding hydrogens is 256 g/mol. The number of hydrogen-bond acceptors (Lipinski definition) is 4. The van der Waals surface area contributed by atoms with Gasteiger partial charge >= 0.3 is 0 Å². The molecule has 0 aliphatic carbocycles. The van der Waals surface area contributed by atoms with Gasteiger partial charge in [0.05, 0.1) is 17.4 Å². The second kappa shape index (κ2) is 8.59. The molecule has 1 rings (SSSR count). The second-order valence-electron chi connectivity index (χ2n) is 5.91. The van der Waals surface area contributed by atoms with Crippen molar-refractivity contribution in [2.75, 3.05) is 18.6 Å². The van der Waals surface area contributed by atoms with Crippen LogP contribution in [0.25, 0.3) is 0 Å². The van der Waals surface area contributed by atoms with Crippen molar-refractivity contribution in [1.82, 2.24) is 20.3 Å². The van der Waals surface area contributed by atoms with Crippen LogP contribution in [-0.2, 0) is 12.1 Å². The Hall–Kier alpha value is -0.550. The van der Waals surface area contributed by atoms with E-state index in [0.717, 1.165) is 18.8 Å². The first-order chi connectivity index (χ1) is 9.04. The second-order valence-corrected chi connectivity index (χ2v) is 6.89. The molecule has 0 aliphatic rings. The van der Waals surface area contributed by atoms with Gasteiger partial charge in [0.1, 0.15) is 0 Å². The van der Waals surface area contributed by atoms with Crippen molar-refractivity contribution in [3.8, 4) is 0 Å².